The van der Waals surface area contributed by atoms with Crippen LogP contribution in [0.1, 0.15) is 55.6 Å². The normalized spacial score (nSPS) is 12.9. The molecule has 0 spiro atoms. The van der Waals surface area contributed by atoms with E-state index in [0.717, 1.165) is 23.4 Å². The number of carbonyl (C=O) groups is 2. The summed E-state index contributed by atoms with van der Waals surface area (Å²) in [5.74, 6) is 0.586. The van der Waals surface area contributed by atoms with Crippen molar-refractivity contribution in [3.63, 3.8) is 0 Å². The van der Waals surface area contributed by atoms with Gasteiger partial charge in [-0.2, -0.15) is 4.90 Å². The molecule has 0 aliphatic heterocycles. The molecule has 216 valence electrons. The Morgan fingerprint density at radius 1 is 1.12 bits per heavy atom. The number of nitrogens with zero attached hydrogens (tertiary/aromatic N) is 7. The molecule has 0 bridgehead atoms. The fraction of sp³-hybridized carbons (Fsp3) is 0.290. The quantitative estimate of drug-likeness (QED) is 0.223. The molecule has 1 fully saturated rings. The maximum Gasteiger partial charge on any atom is 0.423 e. The molecule has 5 rings (SSSR count). The lowest BCUT2D eigenvalue weighted by molar-refractivity contribution is 0.0562. The van der Waals surface area contributed by atoms with Crippen LogP contribution in [0.25, 0.3) is 17.2 Å². The van der Waals surface area contributed by atoms with Crippen molar-refractivity contribution in [3.8, 4) is 23.0 Å². The van der Waals surface area contributed by atoms with E-state index in [-0.39, 0.29) is 23.7 Å². The van der Waals surface area contributed by atoms with E-state index in [1.54, 1.807) is 80.5 Å². The van der Waals surface area contributed by atoms with E-state index in [1.165, 1.54) is 0 Å². The molecule has 0 radical (unpaired) electrons. The molecule has 4 aromatic rings. The third-order valence-corrected chi connectivity index (χ3v) is 6.36. The van der Waals surface area contributed by atoms with Crippen molar-refractivity contribution in [1.82, 2.24) is 29.3 Å². The van der Waals surface area contributed by atoms with E-state index < -0.39 is 17.6 Å². The van der Waals surface area contributed by atoms with Gasteiger partial charge in [0.1, 0.15) is 35.8 Å². The van der Waals surface area contributed by atoms with E-state index >= 15 is 0 Å². The van der Waals surface area contributed by atoms with Crippen LogP contribution in [-0.2, 0) is 11.3 Å². The summed E-state index contributed by atoms with van der Waals surface area (Å²) < 4.78 is 15.1. The molecule has 3 heterocycles. The van der Waals surface area contributed by atoms with Crippen molar-refractivity contribution in [2.45, 2.75) is 51.7 Å². The number of rotatable bonds is 10. The van der Waals surface area contributed by atoms with Gasteiger partial charge in [-0.3, -0.25) is 4.79 Å². The maximum atomic E-state index is 14.3. The van der Waals surface area contributed by atoms with Crippen molar-refractivity contribution in [3.05, 3.63) is 91.8 Å². The second kappa shape index (κ2) is 11.8. The first-order chi connectivity index (χ1) is 20.2. The molecule has 2 amide bonds. The summed E-state index contributed by atoms with van der Waals surface area (Å²) >= 11 is 0. The standard InChI is InChI=1S/C31H33N7O4/c1-6-15-36-20-33-35-28(36)24-9-8-10-27(34-24)38(30(40)42-31(3,4)5)29(39)23-17-22(13-14-26(23)41-16-7-2)37-18-25(32-19-37)21-11-12-21/h6-10,13-14,17-21H,1-2,11-12,15-16H2,3-5H3. The van der Waals surface area contributed by atoms with Crippen LogP contribution in [0.15, 0.2) is 80.6 Å². The molecule has 11 nitrogen and oxygen atoms in total. The molecule has 1 saturated carbocycles. The van der Waals surface area contributed by atoms with Gasteiger partial charge in [-0.1, -0.05) is 24.8 Å². The lowest BCUT2D eigenvalue weighted by Gasteiger charge is -2.26. The van der Waals surface area contributed by atoms with Gasteiger partial charge in [0.15, 0.2) is 5.82 Å². The molecule has 11 heteroatoms. The number of pyridine rings is 1. The summed E-state index contributed by atoms with van der Waals surface area (Å²) in [7, 11) is 0. The molecular formula is C31H33N7O4. The van der Waals surface area contributed by atoms with Gasteiger partial charge in [0.2, 0.25) is 0 Å². The first-order valence-corrected chi connectivity index (χ1v) is 13.6. The zero-order chi connectivity index (χ0) is 29.9. The number of imidazole rings is 1. The van der Waals surface area contributed by atoms with Crippen LogP contribution in [0.3, 0.4) is 0 Å². The average molecular weight is 568 g/mol. The zero-order valence-electron chi connectivity index (χ0n) is 23.9. The monoisotopic (exact) mass is 567 g/mol. The summed E-state index contributed by atoms with van der Waals surface area (Å²) in [4.78, 5) is 38.0. The number of ether oxygens (including phenoxy) is 2. The van der Waals surface area contributed by atoms with Gasteiger partial charge in [0, 0.05) is 24.3 Å². The minimum absolute atomic E-state index is 0.0543. The first-order valence-electron chi connectivity index (χ1n) is 13.6. The van der Waals surface area contributed by atoms with Gasteiger partial charge in [-0.25, -0.2) is 14.8 Å². The number of hydrogen-bond acceptors (Lipinski definition) is 8. The largest absolute Gasteiger partial charge is 0.489 e. The van der Waals surface area contributed by atoms with Crippen molar-refractivity contribution in [1.29, 1.82) is 0 Å². The van der Waals surface area contributed by atoms with E-state index in [9.17, 15) is 9.59 Å². The predicted octanol–water partition coefficient (Wildman–Crippen LogP) is 5.74. The Kier molecular flexibility index (Phi) is 8.01. The fourth-order valence-electron chi connectivity index (χ4n) is 4.30. The van der Waals surface area contributed by atoms with Crippen LogP contribution >= 0.6 is 0 Å². The van der Waals surface area contributed by atoms with E-state index in [1.807, 2.05) is 16.8 Å². The smallest absolute Gasteiger partial charge is 0.423 e. The number of imide groups is 1. The fourth-order valence-corrected chi connectivity index (χ4v) is 4.30. The molecule has 0 atom stereocenters. The average Bonchev–Trinajstić information content (AvgIpc) is 3.49. The van der Waals surface area contributed by atoms with Gasteiger partial charge >= 0.3 is 6.09 Å². The zero-order valence-corrected chi connectivity index (χ0v) is 23.9. The summed E-state index contributed by atoms with van der Waals surface area (Å²) in [6.45, 7) is 13.3. The van der Waals surface area contributed by atoms with E-state index in [2.05, 4.69) is 33.3 Å². The second-order valence-corrected chi connectivity index (χ2v) is 10.9. The second-order valence-electron chi connectivity index (χ2n) is 10.9. The number of hydrogen-bond donors (Lipinski definition) is 0. The maximum absolute atomic E-state index is 14.3. The van der Waals surface area contributed by atoms with E-state index in [4.69, 9.17) is 9.47 Å². The van der Waals surface area contributed by atoms with E-state index in [0.29, 0.717) is 29.7 Å². The molecule has 0 unspecified atom stereocenters. The van der Waals surface area contributed by atoms with Crippen LogP contribution in [0.2, 0.25) is 0 Å². The van der Waals surface area contributed by atoms with Crippen molar-refractivity contribution in [2.24, 2.45) is 0 Å². The number of carbonyl (C=O) groups excluding carboxylic acids is 2. The number of allylic oxidation sites excluding steroid dienone is 1. The van der Waals surface area contributed by atoms with Crippen molar-refractivity contribution in [2.75, 3.05) is 11.5 Å². The summed E-state index contributed by atoms with van der Waals surface area (Å²) in [6.07, 6.45) is 9.88. The molecule has 1 aliphatic carbocycles. The molecule has 1 aromatic carbocycles. The predicted molar refractivity (Wildman–Crippen MR) is 158 cm³/mol. The summed E-state index contributed by atoms with van der Waals surface area (Å²) in [5.41, 5.74) is 1.37. The van der Waals surface area contributed by atoms with Gasteiger partial charge in [0.25, 0.3) is 5.91 Å². The highest BCUT2D eigenvalue weighted by atomic mass is 16.6. The lowest BCUT2D eigenvalue weighted by Crippen LogP contribution is -2.41. The Balaban J connectivity index is 1.59. The van der Waals surface area contributed by atoms with Gasteiger partial charge in [-0.05, 0) is 63.9 Å². The Morgan fingerprint density at radius 2 is 1.93 bits per heavy atom. The lowest BCUT2D eigenvalue weighted by atomic mass is 10.1. The molecule has 3 aromatic heterocycles. The number of anilines is 1. The Hall–Kier alpha value is -5.06. The van der Waals surface area contributed by atoms with Crippen LogP contribution in [0.5, 0.6) is 5.75 Å². The number of aromatic nitrogens is 6. The van der Waals surface area contributed by atoms with Crippen molar-refractivity contribution >= 4 is 17.8 Å². The molecule has 0 N–H and O–H groups in total. The minimum atomic E-state index is -0.886. The molecule has 42 heavy (non-hydrogen) atoms. The van der Waals surface area contributed by atoms with Crippen LogP contribution in [0, 0.1) is 0 Å². The topological polar surface area (TPSA) is 117 Å². The van der Waals surface area contributed by atoms with Crippen LogP contribution in [0.4, 0.5) is 10.6 Å². The highest BCUT2D eigenvalue weighted by Crippen LogP contribution is 2.39. The van der Waals surface area contributed by atoms with Gasteiger partial charge in [0.05, 0.1) is 17.6 Å². The molecule has 0 saturated heterocycles. The molecular weight excluding hydrogens is 534 g/mol. The Labute approximate surface area is 244 Å². The summed E-state index contributed by atoms with van der Waals surface area (Å²) in [5, 5.41) is 8.14. The molecule has 1 aliphatic rings. The van der Waals surface area contributed by atoms with Gasteiger partial charge in [-0.15, -0.1) is 16.8 Å². The number of benzene rings is 1. The highest BCUT2D eigenvalue weighted by Gasteiger charge is 2.33. The van der Waals surface area contributed by atoms with Crippen LogP contribution in [-0.4, -0.2) is 53.5 Å². The Morgan fingerprint density at radius 3 is 2.64 bits per heavy atom. The SMILES string of the molecule is C=CCOc1ccc(-n2cnc(C3CC3)c2)cc1C(=O)N(C(=O)OC(C)(C)C)c1cccc(-c2nncn2CC=C)n1. The van der Waals surface area contributed by atoms with Gasteiger partial charge < -0.3 is 18.6 Å². The minimum Gasteiger partial charge on any atom is -0.489 e. The van der Waals surface area contributed by atoms with Crippen molar-refractivity contribution < 1.29 is 19.1 Å². The third kappa shape index (κ3) is 6.30. The third-order valence-electron chi connectivity index (χ3n) is 6.36. The number of amides is 2. The Bertz CT molecular complexity index is 1630. The highest BCUT2D eigenvalue weighted by molar-refractivity contribution is 6.20. The van der Waals surface area contributed by atoms with Crippen LogP contribution < -0.4 is 9.64 Å². The summed E-state index contributed by atoms with van der Waals surface area (Å²) in [6, 6.07) is 10.2. The first kappa shape index (κ1) is 28.5.